The van der Waals surface area contributed by atoms with E-state index in [-0.39, 0.29) is 17.9 Å². The van der Waals surface area contributed by atoms with Crippen LogP contribution in [0.5, 0.6) is 0 Å². The van der Waals surface area contributed by atoms with Gasteiger partial charge in [-0.05, 0) is 56.2 Å². The second-order valence-electron chi connectivity index (χ2n) is 6.54. The Labute approximate surface area is 159 Å². The van der Waals surface area contributed by atoms with Crippen LogP contribution >= 0.6 is 0 Å². The van der Waals surface area contributed by atoms with Crippen molar-refractivity contribution in [2.24, 2.45) is 5.92 Å². The zero-order valence-electron chi connectivity index (χ0n) is 15.5. The highest BCUT2D eigenvalue weighted by Gasteiger charge is 2.29. The van der Waals surface area contributed by atoms with E-state index in [1.54, 1.807) is 11.8 Å². The molecular weight excluding hydrogens is 342 g/mol. The van der Waals surface area contributed by atoms with Crippen molar-refractivity contribution in [3.05, 3.63) is 54.6 Å². The maximum absolute atomic E-state index is 12.6. The summed E-state index contributed by atoms with van der Waals surface area (Å²) >= 11 is 0. The lowest BCUT2D eigenvalue weighted by Crippen LogP contribution is -2.44. The summed E-state index contributed by atoms with van der Waals surface area (Å²) in [7, 11) is 0. The third-order valence-electron chi connectivity index (χ3n) is 4.53. The molecule has 0 saturated carbocycles. The molecule has 27 heavy (non-hydrogen) atoms. The number of carbonyl (C=O) groups is 2. The second kappa shape index (κ2) is 9.07. The molecule has 0 spiro atoms. The number of ether oxygens (including phenoxy) is 1. The van der Waals surface area contributed by atoms with Crippen molar-refractivity contribution >= 4 is 29.1 Å². The quantitative estimate of drug-likeness (QED) is 0.829. The van der Waals surface area contributed by atoms with Crippen LogP contribution in [0.25, 0.3) is 0 Å². The van der Waals surface area contributed by atoms with Crippen LogP contribution in [-0.4, -0.2) is 36.6 Å². The van der Waals surface area contributed by atoms with Gasteiger partial charge in [-0.2, -0.15) is 0 Å². The summed E-state index contributed by atoms with van der Waals surface area (Å²) in [4.78, 5) is 26.1. The van der Waals surface area contributed by atoms with Crippen molar-refractivity contribution in [2.45, 2.75) is 19.8 Å². The number of benzene rings is 2. The van der Waals surface area contributed by atoms with Crippen LogP contribution in [0.15, 0.2) is 54.6 Å². The van der Waals surface area contributed by atoms with Gasteiger partial charge in [0, 0.05) is 30.2 Å². The van der Waals surface area contributed by atoms with Gasteiger partial charge in [-0.1, -0.05) is 18.2 Å². The molecule has 142 valence electrons. The summed E-state index contributed by atoms with van der Waals surface area (Å²) in [6.45, 7) is 3.17. The normalized spacial score (nSPS) is 16.5. The van der Waals surface area contributed by atoms with E-state index in [2.05, 4.69) is 10.6 Å². The van der Waals surface area contributed by atoms with E-state index in [0.717, 1.165) is 29.9 Å². The molecule has 0 bridgehead atoms. The molecule has 0 radical (unpaired) electrons. The molecule has 1 unspecified atom stereocenters. The van der Waals surface area contributed by atoms with Crippen molar-refractivity contribution in [3.63, 3.8) is 0 Å². The van der Waals surface area contributed by atoms with Crippen molar-refractivity contribution in [1.29, 1.82) is 0 Å². The molecule has 6 nitrogen and oxygen atoms in total. The molecule has 3 rings (SSSR count). The highest BCUT2D eigenvalue weighted by Crippen LogP contribution is 2.22. The topological polar surface area (TPSA) is 70.7 Å². The molecule has 1 saturated heterocycles. The lowest BCUT2D eigenvalue weighted by molar-refractivity contribution is -0.121. The first-order valence-corrected chi connectivity index (χ1v) is 9.30. The van der Waals surface area contributed by atoms with Crippen molar-refractivity contribution in [3.8, 4) is 0 Å². The van der Waals surface area contributed by atoms with Gasteiger partial charge in [0.2, 0.25) is 5.91 Å². The number of likely N-dealkylation sites (tertiary alicyclic amines) is 1. The third-order valence-corrected chi connectivity index (χ3v) is 4.53. The van der Waals surface area contributed by atoms with Gasteiger partial charge in [0.1, 0.15) is 0 Å². The van der Waals surface area contributed by atoms with Crippen molar-refractivity contribution in [2.75, 3.05) is 30.3 Å². The number of para-hydroxylation sites is 1. The largest absolute Gasteiger partial charge is 0.450 e. The van der Waals surface area contributed by atoms with Gasteiger partial charge in [0.05, 0.1) is 12.5 Å². The summed E-state index contributed by atoms with van der Waals surface area (Å²) < 4.78 is 5.04. The molecule has 1 aliphatic heterocycles. The molecule has 1 heterocycles. The zero-order valence-corrected chi connectivity index (χ0v) is 15.5. The molecule has 1 fully saturated rings. The Bertz CT molecular complexity index is 762. The lowest BCUT2D eigenvalue weighted by Gasteiger charge is -2.31. The SMILES string of the molecule is CCOC(=O)N1CCCC(C(=O)Nc2ccc(Nc3ccccc3)cc2)C1. The Morgan fingerprint density at radius 1 is 1.04 bits per heavy atom. The first-order valence-electron chi connectivity index (χ1n) is 9.30. The van der Waals surface area contributed by atoms with Crippen LogP contribution in [-0.2, 0) is 9.53 Å². The van der Waals surface area contributed by atoms with Crippen LogP contribution in [0.4, 0.5) is 21.9 Å². The van der Waals surface area contributed by atoms with E-state index in [1.165, 1.54) is 0 Å². The molecule has 1 atom stereocenters. The van der Waals surface area contributed by atoms with E-state index in [9.17, 15) is 9.59 Å². The molecule has 2 aromatic rings. The number of carbonyl (C=O) groups excluding carboxylic acids is 2. The average molecular weight is 367 g/mol. The van der Waals surface area contributed by atoms with Crippen LogP contribution < -0.4 is 10.6 Å². The zero-order chi connectivity index (χ0) is 19.1. The second-order valence-corrected chi connectivity index (χ2v) is 6.54. The standard InChI is InChI=1S/C21H25N3O3/c1-2-27-21(26)24-14-6-7-16(15-24)20(25)23-19-12-10-18(11-13-19)22-17-8-4-3-5-9-17/h3-5,8-13,16,22H,2,6-7,14-15H2,1H3,(H,23,25). The fraction of sp³-hybridized carbons (Fsp3) is 0.333. The highest BCUT2D eigenvalue weighted by atomic mass is 16.6. The minimum atomic E-state index is -0.341. The lowest BCUT2D eigenvalue weighted by atomic mass is 9.97. The molecular formula is C21H25N3O3. The highest BCUT2D eigenvalue weighted by molar-refractivity contribution is 5.93. The number of piperidine rings is 1. The maximum Gasteiger partial charge on any atom is 0.409 e. The molecule has 2 amide bonds. The van der Waals surface area contributed by atoms with Crippen molar-refractivity contribution < 1.29 is 14.3 Å². The Balaban J connectivity index is 1.55. The summed E-state index contributed by atoms with van der Waals surface area (Å²) in [6, 6.07) is 17.5. The molecule has 2 N–H and O–H groups in total. The summed E-state index contributed by atoms with van der Waals surface area (Å²) in [6.07, 6.45) is 1.23. The van der Waals surface area contributed by atoms with Crippen LogP contribution in [0.3, 0.4) is 0 Å². The number of hydrogen-bond donors (Lipinski definition) is 2. The van der Waals surface area contributed by atoms with Crippen LogP contribution in [0.2, 0.25) is 0 Å². The molecule has 2 aromatic carbocycles. The van der Waals surface area contributed by atoms with Gasteiger partial charge in [0.15, 0.2) is 0 Å². The number of nitrogens with zero attached hydrogens (tertiary/aromatic N) is 1. The smallest absolute Gasteiger partial charge is 0.409 e. The van der Waals surface area contributed by atoms with Gasteiger partial charge < -0.3 is 20.3 Å². The van der Waals surface area contributed by atoms with Crippen molar-refractivity contribution in [1.82, 2.24) is 4.90 Å². The first kappa shape index (κ1) is 18.8. The molecule has 0 aliphatic carbocycles. The predicted octanol–water partition coefficient (Wildman–Crippen LogP) is 4.24. The van der Waals surface area contributed by atoms with Gasteiger partial charge in [-0.3, -0.25) is 4.79 Å². The van der Waals surface area contributed by atoms with E-state index in [1.807, 2.05) is 54.6 Å². The van der Waals surface area contributed by atoms with E-state index < -0.39 is 0 Å². The fourth-order valence-electron chi connectivity index (χ4n) is 3.14. The minimum Gasteiger partial charge on any atom is -0.450 e. The van der Waals surface area contributed by atoms with E-state index in [0.29, 0.717) is 19.7 Å². The average Bonchev–Trinajstić information content (AvgIpc) is 2.70. The predicted molar refractivity (Wildman–Crippen MR) is 106 cm³/mol. The van der Waals surface area contributed by atoms with E-state index in [4.69, 9.17) is 4.74 Å². The maximum atomic E-state index is 12.6. The first-order chi connectivity index (χ1) is 13.2. The number of amides is 2. The third kappa shape index (κ3) is 5.23. The number of rotatable bonds is 5. The molecule has 1 aliphatic rings. The summed E-state index contributed by atoms with van der Waals surface area (Å²) in [5.41, 5.74) is 2.70. The molecule has 0 aromatic heterocycles. The Morgan fingerprint density at radius 2 is 1.70 bits per heavy atom. The fourth-order valence-corrected chi connectivity index (χ4v) is 3.14. The van der Waals surface area contributed by atoms with Gasteiger partial charge in [-0.25, -0.2) is 4.79 Å². The summed E-state index contributed by atoms with van der Waals surface area (Å²) in [5, 5.41) is 6.26. The number of nitrogens with one attached hydrogen (secondary N) is 2. The molecule has 6 heteroatoms. The van der Waals surface area contributed by atoms with Gasteiger partial charge in [0.25, 0.3) is 0 Å². The van der Waals surface area contributed by atoms with Crippen LogP contribution in [0.1, 0.15) is 19.8 Å². The van der Waals surface area contributed by atoms with Gasteiger partial charge in [-0.15, -0.1) is 0 Å². The number of hydrogen-bond acceptors (Lipinski definition) is 4. The Hall–Kier alpha value is -3.02. The Morgan fingerprint density at radius 3 is 2.41 bits per heavy atom. The van der Waals surface area contributed by atoms with Gasteiger partial charge >= 0.3 is 6.09 Å². The van der Waals surface area contributed by atoms with Crippen LogP contribution in [0, 0.1) is 5.92 Å². The number of anilines is 3. The minimum absolute atomic E-state index is 0.0623. The Kier molecular flexibility index (Phi) is 6.30. The summed E-state index contributed by atoms with van der Waals surface area (Å²) in [5.74, 6) is -0.280. The van der Waals surface area contributed by atoms with E-state index >= 15 is 0 Å². The monoisotopic (exact) mass is 367 g/mol.